The van der Waals surface area contributed by atoms with Crippen LogP contribution in [0.2, 0.25) is 0 Å². The molecule has 0 aliphatic rings. The summed E-state index contributed by atoms with van der Waals surface area (Å²) in [5.41, 5.74) is 2.08. The highest BCUT2D eigenvalue weighted by molar-refractivity contribution is 5.78. The second-order valence-electron chi connectivity index (χ2n) is 4.53. The van der Waals surface area contributed by atoms with E-state index in [0.717, 1.165) is 17.7 Å². The molecule has 0 spiro atoms. The maximum Gasteiger partial charge on any atom is 0.224 e. The van der Waals surface area contributed by atoms with Crippen molar-refractivity contribution in [2.45, 2.75) is 32.7 Å². The number of methoxy groups -OCH3 is 1. The van der Waals surface area contributed by atoms with Crippen molar-refractivity contribution in [3.8, 4) is 0 Å². The Balaban J connectivity index is 2.53. The molecular weight excluding hydrogens is 240 g/mol. The zero-order valence-electron chi connectivity index (χ0n) is 12.0. The van der Waals surface area contributed by atoms with Crippen LogP contribution in [0.1, 0.15) is 25.8 Å². The smallest absolute Gasteiger partial charge is 0.224 e. The van der Waals surface area contributed by atoms with Crippen molar-refractivity contribution < 1.29 is 9.53 Å². The van der Waals surface area contributed by atoms with Crippen LogP contribution in [0.15, 0.2) is 24.3 Å². The number of carbonyl (C=O) groups is 1. The van der Waals surface area contributed by atoms with Gasteiger partial charge in [0.2, 0.25) is 5.91 Å². The monoisotopic (exact) mass is 264 g/mol. The summed E-state index contributed by atoms with van der Waals surface area (Å²) < 4.78 is 5.15. The van der Waals surface area contributed by atoms with Gasteiger partial charge in [-0.05, 0) is 31.0 Å². The van der Waals surface area contributed by atoms with Gasteiger partial charge in [0, 0.05) is 25.4 Å². The third-order valence-electron chi connectivity index (χ3n) is 2.92. The summed E-state index contributed by atoms with van der Waals surface area (Å²) in [5.74, 6) is 0.0639. The molecule has 0 heterocycles. The van der Waals surface area contributed by atoms with Gasteiger partial charge in [-0.25, -0.2) is 0 Å². The molecule has 0 saturated heterocycles. The quantitative estimate of drug-likeness (QED) is 0.757. The Kier molecular flexibility index (Phi) is 6.97. The molecule has 1 rings (SSSR count). The highest BCUT2D eigenvalue weighted by Crippen LogP contribution is 2.12. The fourth-order valence-corrected chi connectivity index (χ4v) is 1.86. The lowest BCUT2D eigenvalue weighted by molar-refractivity contribution is -0.120. The number of carbonyl (C=O) groups excluding carboxylic acids is 1. The van der Waals surface area contributed by atoms with Gasteiger partial charge in [-0.15, -0.1) is 0 Å². The lowest BCUT2D eigenvalue weighted by Gasteiger charge is -2.17. The van der Waals surface area contributed by atoms with E-state index < -0.39 is 0 Å². The normalized spacial score (nSPS) is 11.9. The zero-order chi connectivity index (χ0) is 14.1. The molecule has 1 atom stereocenters. The molecule has 4 nitrogen and oxygen atoms in total. The van der Waals surface area contributed by atoms with E-state index in [1.807, 2.05) is 31.2 Å². The molecule has 19 heavy (non-hydrogen) atoms. The predicted molar refractivity (Wildman–Crippen MR) is 78.4 cm³/mol. The maximum absolute atomic E-state index is 11.5. The van der Waals surface area contributed by atoms with E-state index in [1.54, 1.807) is 7.11 Å². The lowest BCUT2D eigenvalue weighted by atomic mass is 10.1. The highest BCUT2D eigenvalue weighted by atomic mass is 16.5. The van der Waals surface area contributed by atoms with E-state index in [-0.39, 0.29) is 5.91 Å². The summed E-state index contributed by atoms with van der Waals surface area (Å²) in [6, 6.07) is 8.30. The van der Waals surface area contributed by atoms with E-state index in [1.165, 1.54) is 0 Å². The minimum Gasteiger partial charge on any atom is -0.383 e. The Labute approximate surface area is 115 Å². The first-order valence-electron chi connectivity index (χ1n) is 6.80. The van der Waals surface area contributed by atoms with Gasteiger partial charge in [0.25, 0.3) is 0 Å². The van der Waals surface area contributed by atoms with Crippen LogP contribution in [0.5, 0.6) is 0 Å². The second kappa shape index (κ2) is 8.53. The van der Waals surface area contributed by atoms with Gasteiger partial charge >= 0.3 is 0 Å². The van der Waals surface area contributed by atoms with Crippen molar-refractivity contribution in [1.29, 1.82) is 0 Å². The number of ether oxygens (including phenoxy) is 1. The summed E-state index contributed by atoms with van der Waals surface area (Å²) in [6.45, 7) is 5.41. The highest BCUT2D eigenvalue weighted by Gasteiger charge is 2.06. The third kappa shape index (κ3) is 5.75. The van der Waals surface area contributed by atoms with Crippen molar-refractivity contribution in [2.75, 3.05) is 25.6 Å². The van der Waals surface area contributed by atoms with Crippen molar-refractivity contribution in [3.63, 3.8) is 0 Å². The first-order chi connectivity index (χ1) is 9.19. The molecule has 106 valence electrons. The van der Waals surface area contributed by atoms with Crippen molar-refractivity contribution in [2.24, 2.45) is 0 Å². The summed E-state index contributed by atoms with van der Waals surface area (Å²) in [7, 11) is 1.71. The maximum atomic E-state index is 11.5. The lowest BCUT2D eigenvalue weighted by Crippen LogP contribution is -2.25. The number of hydrogen-bond donors (Lipinski definition) is 2. The first-order valence-corrected chi connectivity index (χ1v) is 6.80. The Bertz CT molecular complexity index is 376. The summed E-state index contributed by atoms with van der Waals surface area (Å²) in [5, 5.41) is 6.21. The average Bonchev–Trinajstić information content (AvgIpc) is 2.40. The summed E-state index contributed by atoms with van der Waals surface area (Å²) in [6.07, 6.45) is 1.44. The molecule has 0 aliphatic heterocycles. The Morgan fingerprint density at radius 3 is 2.47 bits per heavy atom. The van der Waals surface area contributed by atoms with Crippen LogP contribution in [-0.4, -0.2) is 32.2 Å². The van der Waals surface area contributed by atoms with E-state index in [4.69, 9.17) is 4.74 Å². The SMILES string of the molecule is CCNC(=O)Cc1ccc(NC(CC)COC)cc1. The van der Waals surface area contributed by atoms with Gasteiger partial charge in [-0.2, -0.15) is 0 Å². The fourth-order valence-electron chi connectivity index (χ4n) is 1.86. The molecule has 0 saturated carbocycles. The molecule has 0 fully saturated rings. The molecule has 0 bridgehead atoms. The van der Waals surface area contributed by atoms with Gasteiger partial charge in [0.05, 0.1) is 13.0 Å². The number of benzene rings is 1. The number of amides is 1. The molecule has 0 aliphatic carbocycles. The molecule has 1 aromatic carbocycles. The average molecular weight is 264 g/mol. The molecule has 0 aromatic heterocycles. The summed E-state index contributed by atoms with van der Waals surface area (Å²) >= 11 is 0. The standard InChI is InChI=1S/C15H24N2O2/c1-4-13(11-19-3)17-14-8-6-12(7-9-14)10-15(18)16-5-2/h6-9,13,17H,4-5,10-11H2,1-3H3,(H,16,18). The number of nitrogens with one attached hydrogen (secondary N) is 2. The number of rotatable bonds is 8. The number of likely N-dealkylation sites (N-methyl/N-ethyl adjacent to an activating group) is 1. The predicted octanol–water partition coefficient (Wildman–Crippen LogP) is 2.20. The Morgan fingerprint density at radius 2 is 1.95 bits per heavy atom. The second-order valence-corrected chi connectivity index (χ2v) is 4.53. The molecule has 1 aromatic rings. The van der Waals surface area contributed by atoms with Crippen molar-refractivity contribution >= 4 is 11.6 Å². The van der Waals surface area contributed by atoms with E-state index in [0.29, 0.717) is 25.6 Å². The molecule has 2 N–H and O–H groups in total. The minimum atomic E-state index is 0.0639. The largest absolute Gasteiger partial charge is 0.383 e. The van der Waals surface area contributed by atoms with Gasteiger partial charge < -0.3 is 15.4 Å². The number of anilines is 1. The van der Waals surface area contributed by atoms with Gasteiger partial charge in [0.15, 0.2) is 0 Å². The van der Waals surface area contributed by atoms with Crippen LogP contribution in [-0.2, 0) is 16.0 Å². The van der Waals surface area contributed by atoms with Crippen molar-refractivity contribution in [1.82, 2.24) is 5.32 Å². The topological polar surface area (TPSA) is 50.4 Å². The van der Waals surface area contributed by atoms with E-state index >= 15 is 0 Å². The van der Waals surface area contributed by atoms with Crippen LogP contribution in [0.25, 0.3) is 0 Å². The Morgan fingerprint density at radius 1 is 1.26 bits per heavy atom. The van der Waals surface area contributed by atoms with Crippen LogP contribution in [0, 0.1) is 0 Å². The molecule has 0 radical (unpaired) electrons. The molecular formula is C15H24N2O2. The first kappa shape index (κ1) is 15.5. The van der Waals surface area contributed by atoms with Crippen LogP contribution in [0.3, 0.4) is 0 Å². The van der Waals surface area contributed by atoms with Crippen LogP contribution < -0.4 is 10.6 Å². The molecule has 1 amide bonds. The minimum absolute atomic E-state index is 0.0639. The number of hydrogen-bond acceptors (Lipinski definition) is 3. The summed E-state index contributed by atoms with van der Waals surface area (Å²) in [4.78, 5) is 11.5. The van der Waals surface area contributed by atoms with E-state index in [9.17, 15) is 4.79 Å². The van der Waals surface area contributed by atoms with Gasteiger partial charge in [-0.3, -0.25) is 4.79 Å². The fraction of sp³-hybridized carbons (Fsp3) is 0.533. The van der Waals surface area contributed by atoms with Gasteiger partial charge in [-0.1, -0.05) is 19.1 Å². The van der Waals surface area contributed by atoms with Crippen LogP contribution >= 0.6 is 0 Å². The van der Waals surface area contributed by atoms with Gasteiger partial charge in [0.1, 0.15) is 0 Å². The van der Waals surface area contributed by atoms with E-state index in [2.05, 4.69) is 17.6 Å². The Hall–Kier alpha value is -1.55. The molecule has 1 unspecified atom stereocenters. The zero-order valence-corrected chi connectivity index (χ0v) is 12.0. The van der Waals surface area contributed by atoms with Crippen molar-refractivity contribution in [3.05, 3.63) is 29.8 Å². The molecule has 4 heteroatoms. The van der Waals surface area contributed by atoms with Crippen LogP contribution in [0.4, 0.5) is 5.69 Å². The third-order valence-corrected chi connectivity index (χ3v) is 2.92.